The molecule has 0 aromatic heterocycles. The Hall–Kier alpha value is -5.20. The normalized spacial score (nSPS) is 13.5. The molecular formula is C43H30. The van der Waals surface area contributed by atoms with E-state index in [2.05, 4.69) is 159 Å². The van der Waals surface area contributed by atoms with Crippen molar-refractivity contribution in [1.82, 2.24) is 0 Å². The van der Waals surface area contributed by atoms with Crippen LogP contribution in [0, 0.1) is 0 Å². The van der Waals surface area contributed by atoms with Gasteiger partial charge in [-0.05, 0) is 99.7 Å². The predicted octanol–water partition coefficient (Wildman–Crippen LogP) is 11.9. The maximum absolute atomic E-state index is 2.46. The smallest absolute Gasteiger partial charge is 0.0159 e. The van der Waals surface area contributed by atoms with Crippen LogP contribution in [0.4, 0.5) is 0 Å². The molecule has 0 saturated carbocycles. The van der Waals surface area contributed by atoms with Gasteiger partial charge in [-0.15, -0.1) is 0 Å². The summed E-state index contributed by atoms with van der Waals surface area (Å²) in [7, 11) is 0. The summed E-state index contributed by atoms with van der Waals surface area (Å²) in [6.07, 6.45) is 0. The maximum atomic E-state index is 2.46. The molecule has 0 unspecified atom stereocenters. The van der Waals surface area contributed by atoms with E-state index in [9.17, 15) is 0 Å². The van der Waals surface area contributed by atoms with E-state index in [4.69, 9.17) is 0 Å². The van der Waals surface area contributed by atoms with Crippen LogP contribution in [-0.2, 0) is 5.41 Å². The number of fused-ring (bicyclic) bond motifs is 11. The van der Waals surface area contributed by atoms with Crippen molar-refractivity contribution in [2.75, 3.05) is 0 Å². The van der Waals surface area contributed by atoms with Crippen LogP contribution in [0.1, 0.15) is 25.0 Å². The number of rotatable bonds is 2. The highest BCUT2D eigenvalue weighted by atomic mass is 14.4. The number of hydrogen-bond donors (Lipinski definition) is 0. The average Bonchev–Trinajstić information content (AvgIpc) is 3.30. The van der Waals surface area contributed by atoms with Crippen LogP contribution in [0.15, 0.2) is 146 Å². The van der Waals surface area contributed by atoms with Crippen molar-refractivity contribution in [3.05, 3.63) is 157 Å². The van der Waals surface area contributed by atoms with E-state index in [0.29, 0.717) is 0 Å². The summed E-state index contributed by atoms with van der Waals surface area (Å²) < 4.78 is 0. The molecule has 0 saturated heterocycles. The fourth-order valence-electron chi connectivity index (χ4n) is 7.72. The average molecular weight is 547 g/mol. The summed E-state index contributed by atoms with van der Waals surface area (Å²) in [5.74, 6) is 0. The van der Waals surface area contributed by atoms with Crippen LogP contribution in [0.25, 0.3) is 76.5 Å². The van der Waals surface area contributed by atoms with Gasteiger partial charge in [-0.3, -0.25) is 0 Å². The molecule has 8 aromatic rings. The van der Waals surface area contributed by atoms with E-state index in [1.165, 1.54) is 87.6 Å². The van der Waals surface area contributed by atoms with Crippen LogP contribution in [-0.4, -0.2) is 0 Å². The van der Waals surface area contributed by atoms with Crippen molar-refractivity contribution in [2.45, 2.75) is 19.3 Å². The Balaban J connectivity index is 1.20. The first-order valence-corrected chi connectivity index (χ1v) is 15.2. The monoisotopic (exact) mass is 546 g/mol. The molecule has 0 N–H and O–H groups in total. The summed E-state index contributed by atoms with van der Waals surface area (Å²) in [6.45, 7) is 4.73. The molecule has 0 spiro atoms. The molecule has 0 atom stereocenters. The van der Waals surface area contributed by atoms with Crippen LogP contribution in [0.3, 0.4) is 0 Å². The van der Waals surface area contributed by atoms with Crippen LogP contribution < -0.4 is 0 Å². The van der Waals surface area contributed by atoms with Gasteiger partial charge in [0.05, 0.1) is 0 Å². The van der Waals surface area contributed by atoms with Gasteiger partial charge >= 0.3 is 0 Å². The SMILES string of the molecule is CC1(C)c2ccccc2-c2c1cc(-c1ccc(-c3ccc4c5ccccc5c5ccccc5c4c3)cc1)c1ccccc21. The summed E-state index contributed by atoms with van der Waals surface area (Å²) >= 11 is 0. The third kappa shape index (κ3) is 3.44. The summed E-state index contributed by atoms with van der Waals surface area (Å²) in [4.78, 5) is 0. The van der Waals surface area contributed by atoms with Crippen LogP contribution in [0.5, 0.6) is 0 Å². The van der Waals surface area contributed by atoms with Gasteiger partial charge in [0.25, 0.3) is 0 Å². The topological polar surface area (TPSA) is 0 Å². The highest BCUT2D eigenvalue weighted by Gasteiger charge is 2.36. The van der Waals surface area contributed by atoms with Gasteiger partial charge < -0.3 is 0 Å². The number of benzene rings is 8. The predicted molar refractivity (Wildman–Crippen MR) is 185 cm³/mol. The van der Waals surface area contributed by atoms with Gasteiger partial charge in [-0.1, -0.05) is 147 Å². The van der Waals surface area contributed by atoms with E-state index in [1.54, 1.807) is 0 Å². The molecule has 0 nitrogen and oxygen atoms in total. The minimum atomic E-state index is -0.0390. The second kappa shape index (κ2) is 8.90. The van der Waals surface area contributed by atoms with E-state index < -0.39 is 0 Å². The lowest BCUT2D eigenvalue weighted by atomic mass is 9.80. The van der Waals surface area contributed by atoms with Crippen molar-refractivity contribution in [1.29, 1.82) is 0 Å². The Morgan fingerprint density at radius 1 is 0.326 bits per heavy atom. The van der Waals surface area contributed by atoms with Gasteiger partial charge in [0.15, 0.2) is 0 Å². The third-order valence-corrected chi connectivity index (χ3v) is 9.86. The summed E-state index contributed by atoms with van der Waals surface area (Å²) in [5.41, 5.74) is 10.6. The molecule has 0 bridgehead atoms. The lowest BCUT2D eigenvalue weighted by Crippen LogP contribution is -2.15. The second-order valence-electron chi connectivity index (χ2n) is 12.5. The van der Waals surface area contributed by atoms with E-state index in [-0.39, 0.29) is 5.41 Å². The highest BCUT2D eigenvalue weighted by molar-refractivity contribution is 6.25. The standard InChI is InChI=1S/C43H30/c1-43(2)40-18-10-9-17-37(40)42-36-16-8-7-15-34(36)38(26-41(42)43)28-21-19-27(20-22-28)29-23-24-35-32-13-4-3-11-30(32)31-12-5-6-14-33(31)39(35)25-29/h3-26H,1-2H3. The molecule has 0 radical (unpaired) electrons. The Kier molecular flexibility index (Phi) is 5.05. The lowest BCUT2D eigenvalue weighted by Gasteiger charge is -2.23. The molecule has 9 rings (SSSR count). The van der Waals surface area contributed by atoms with E-state index in [1.807, 2.05) is 0 Å². The van der Waals surface area contributed by atoms with Crippen molar-refractivity contribution in [2.24, 2.45) is 0 Å². The van der Waals surface area contributed by atoms with Gasteiger partial charge in [0.2, 0.25) is 0 Å². The molecule has 0 aliphatic heterocycles. The second-order valence-corrected chi connectivity index (χ2v) is 12.5. The van der Waals surface area contributed by atoms with E-state index >= 15 is 0 Å². The minimum absolute atomic E-state index is 0.0390. The van der Waals surface area contributed by atoms with Crippen molar-refractivity contribution in [3.8, 4) is 33.4 Å². The van der Waals surface area contributed by atoms with E-state index in [0.717, 1.165) is 0 Å². The Labute approximate surface area is 251 Å². The minimum Gasteiger partial charge on any atom is -0.0619 e. The molecule has 8 aromatic carbocycles. The molecule has 0 fully saturated rings. The van der Waals surface area contributed by atoms with Gasteiger partial charge in [-0.2, -0.15) is 0 Å². The van der Waals surface area contributed by atoms with Gasteiger partial charge in [0, 0.05) is 5.41 Å². The first-order chi connectivity index (χ1) is 21.1. The molecule has 1 aliphatic carbocycles. The fraction of sp³-hybridized carbons (Fsp3) is 0.0698. The summed E-state index contributed by atoms with van der Waals surface area (Å²) in [6, 6.07) is 54.1. The maximum Gasteiger partial charge on any atom is 0.0159 e. The number of hydrogen-bond acceptors (Lipinski definition) is 0. The van der Waals surface area contributed by atoms with Crippen molar-refractivity contribution in [3.63, 3.8) is 0 Å². The highest BCUT2D eigenvalue weighted by Crippen LogP contribution is 2.53. The third-order valence-electron chi connectivity index (χ3n) is 9.86. The molecular weight excluding hydrogens is 516 g/mol. The molecule has 0 heterocycles. The quantitative estimate of drug-likeness (QED) is 0.189. The Bertz CT molecular complexity index is 2370. The van der Waals surface area contributed by atoms with Gasteiger partial charge in [0.1, 0.15) is 0 Å². The molecule has 202 valence electrons. The summed E-state index contributed by atoms with van der Waals surface area (Å²) in [5, 5.41) is 10.5. The van der Waals surface area contributed by atoms with Crippen LogP contribution >= 0.6 is 0 Å². The Morgan fingerprint density at radius 3 is 1.49 bits per heavy atom. The lowest BCUT2D eigenvalue weighted by molar-refractivity contribution is 0.661. The van der Waals surface area contributed by atoms with Crippen molar-refractivity contribution >= 4 is 43.1 Å². The van der Waals surface area contributed by atoms with Crippen LogP contribution in [0.2, 0.25) is 0 Å². The molecule has 0 heteroatoms. The van der Waals surface area contributed by atoms with Crippen molar-refractivity contribution < 1.29 is 0 Å². The molecule has 0 amide bonds. The zero-order chi connectivity index (χ0) is 28.7. The molecule has 1 aliphatic rings. The fourth-order valence-corrected chi connectivity index (χ4v) is 7.72. The zero-order valence-electron chi connectivity index (χ0n) is 24.4. The Morgan fingerprint density at radius 2 is 0.814 bits per heavy atom. The largest absolute Gasteiger partial charge is 0.0619 e. The molecule has 43 heavy (non-hydrogen) atoms. The zero-order valence-corrected chi connectivity index (χ0v) is 24.4. The van der Waals surface area contributed by atoms with Gasteiger partial charge in [-0.25, -0.2) is 0 Å². The first-order valence-electron chi connectivity index (χ1n) is 15.2. The first kappa shape index (κ1) is 24.4.